The first kappa shape index (κ1) is 48.9. The Bertz CT molecular complexity index is 2380. The molecule has 0 radical (unpaired) electrons. The Kier molecular flexibility index (Phi) is 18.0. The molecule has 6 aromatic carbocycles. The summed E-state index contributed by atoms with van der Waals surface area (Å²) < 4.78 is 43.6. The summed E-state index contributed by atoms with van der Waals surface area (Å²) >= 11 is 18.5. The van der Waals surface area contributed by atoms with Crippen LogP contribution in [0.1, 0.15) is 82.7 Å². The van der Waals surface area contributed by atoms with Gasteiger partial charge in [0.2, 0.25) is 0 Å². The van der Waals surface area contributed by atoms with Gasteiger partial charge in [-0.1, -0.05) is 120 Å². The number of halogens is 6. The van der Waals surface area contributed by atoms with Crippen molar-refractivity contribution < 1.29 is 17.9 Å². The summed E-state index contributed by atoms with van der Waals surface area (Å²) in [7, 11) is 8.13. The van der Waals surface area contributed by atoms with Crippen LogP contribution >= 0.6 is 34.8 Å². The van der Waals surface area contributed by atoms with Crippen LogP contribution in [0.3, 0.4) is 0 Å². The van der Waals surface area contributed by atoms with E-state index in [9.17, 15) is 13.2 Å². The molecule has 2 aliphatic rings. The van der Waals surface area contributed by atoms with E-state index in [-0.39, 0.29) is 6.10 Å². The number of benzene rings is 6. The minimum Gasteiger partial charge on any atom is -0.486 e. The molecule has 11 heteroatoms. The molecular weight excluding hydrogens is 872 g/mol. The molecule has 1 aliphatic carbocycles. The number of anilines is 2. The van der Waals surface area contributed by atoms with Crippen molar-refractivity contribution in [3.05, 3.63) is 194 Å². The maximum atomic E-state index is 12.6. The molecule has 0 amide bonds. The van der Waals surface area contributed by atoms with Crippen LogP contribution in [0, 0.1) is 0 Å². The summed E-state index contributed by atoms with van der Waals surface area (Å²) in [5.74, 6) is 0.837. The molecule has 1 unspecified atom stereocenters. The molecule has 0 fully saturated rings. The van der Waals surface area contributed by atoms with Crippen LogP contribution in [0.4, 0.5) is 24.5 Å². The molecular formula is C53H58Cl3F3N4O. The quantitative estimate of drug-likeness (QED) is 0.128. The van der Waals surface area contributed by atoms with Gasteiger partial charge < -0.3 is 25.2 Å². The monoisotopic (exact) mass is 928 g/mol. The number of para-hydroxylation sites is 1. The van der Waals surface area contributed by atoms with Gasteiger partial charge in [-0.2, -0.15) is 13.2 Å². The Balaban J connectivity index is 0.000000160. The molecule has 64 heavy (non-hydrogen) atoms. The predicted octanol–water partition coefficient (Wildman–Crippen LogP) is 14.1. The summed E-state index contributed by atoms with van der Waals surface area (Å²) in [6, 6.07) is 44.6. The Hall–Kier alpha value is -4.54. The van der Waals surface area contributed by atoms with Gasteiger partial charge in [-0.25, -0.2) is 0 Å². The Labute approximate surface area is 392 Å². The van der Waals surface area contributed by atoms with E-state index in [1.165, 1.54) is 51.3 Å². The fourth-order valence-corrected chi connectivity index (χ4v) is 8.93. The third kappa shape index (κ3) is 13.3. The molecule has 0 aromatic heterocycles. The molecule has 3 atom stereocenters. The van der Waals surface area contributed by atoms with Gasteiger partial charge >= 0.3 is 6.18 Å². The lowest BCUT2D eigenvalue weighted by Gasteiger charge is -2.32. The van der Waals surface area contributed by atoms with Crippen LogP contribution in [0.15, 0.2) is 140 Å². The maximum Gasteiger partial charge on any atom is 0.416 e. The van der Waals surface area contributed by atoms with E-state index in [0.29, 0.717) is 27.8 Å². The molecule has 6 aromatic rings. The molecule has 8 rings (SSSR count). The van der Waals surface area contributed by atoms with E-state index in [0.717, 1.165) is 80.9 Å². The van der Waals surface area contributed by atoms with Crippen molar-refractivity contribution in [2.75, 3.05) is 52.7 Å². The first-order valence-electron chi connectivity index (χ1n) is 21.9. The molecule has 5 nitrogen and oxygen atoms in total. The third-order valence-electron chi connectivity index (χ3n) is 11.7. The van der Waals surface area contributed by atoms with E-state index in [1.54, 1.807) is 0 Å². The van der Waals surface area contributed by atoms with E-state index in [2.05, 4.69) is 101 Å². The second-order valence-electron chi connectivity index (χ2n) is 16.4. The number of aryl methyl sites for hydroxylation is 2. The summed E-state index contributed by atoms with van der Waals surface area (Å²) in [5, 5.41) is 8.53. The van der Waals surface area contributed by atoms with Crippen LogP contribution in [0.2, 0.25) is 15.1 Å². The highest BCUT2D eigenvalue weighted by molar-refractivity contribution is 6.42. The highest BCUT2D eigenvalue weighted by Crippen LogP contribution is 2.42. The maximum absolute atomic E-state index is 12.6. The van der Waals surface area contributed by atoms with Gasteiger partial charge in [0.15, 0.2) is 0 Å². The Morgan fingerprint density at radius 3 is 2.06 bits per heavy atom. The molecule has 338 valence electrons. The summed E-state index contributed by atoms with van der Waals surface area (Å²) in [4.78, 5) is 4.69. The summed E-state index contributed by atoms with van der Waals surface area (Å²) in [6.45, 7) is 2.86. The van der Waals surface area contributed by atoms with Crippen LogP contribution in [-0.2, 0) is 19.0 Å². The lowest BCUT2D eigenvalue weighted by molar-refractivity contribution is -0.137. The first-order chi connectivity index (χ1) is 30.9. The number of rotatable bonds is 12. The minimum absolute atomic E-state index is 0.203. The van der Waals surface area contributed by atoms with Gasteiger partial charge in [0.25, 0.3) is 0 Å². The van der Waals surface area contributed by atoms with E-state index < -0.39 is 11.7 Å². The van der Waals surface area contributed by atoms with Gasteiger partial charge in [0.05, 0.1) is 15.6 Å². The van der Waals surface area contributed by atoms with Crippen molar-refractivity contribution in [1.29, 1.82) is 0 Å². The summed E-state index contributed by atoms with van der Waals surface area (Å²) in [5.41, 5.74) is 9.81. The van der Waals surface area contributed by atoms with Gasteiger partial charge in [0, 0.05) is 41.3 Å². The van der Waals surface area contributed by atoms with E-state index in [4.69, 9.17) is 39.5 Å². The average Bonchev–Trinajstić information content (AvgIpc) is 3.45. The fraction of sp³-hybridized carbons (Fsp3) is 0.321. The lowest BCUT2D eigenvalue weighted by Crippen LogP contribution is -2.24. The number of alkyl halides is 3. The third-order valence-corrected chi connectivity index (χ3v) is 12.7. The number of nitrogens with zero attached hydrogens (tertiary/aromatic N) is 2. The number of hydrogen-bond acceptors (Lipinski definition) is 5. The van der Waals surface area contributed by atoms with Gasteiger partial charge in [-0.15, -0.1) is 0 Å². The molecule has 0 saturated carbocycles. The molecule has 0 bridgehead atoms. The zero-order valence-electron chi connectivity index (χ0n) is 36.9. The Morgan fingerprint density at radius 2 is 1.39 bits per heavy atom. The van der Waals surface area contributed by atoms with Gasteiger partial charge in [-0.05, 0) is 161 Å². The number of nitrogens with one attached hydrogen (secondary N) is 2. The zero-order chi connectivity index (χ0) is 45.6. The minimum atomic E-state index is -4.33. The van der Waals surface area contributed by atoms with Crippen LogP contribution in [0.25, 0.3) is 0 Å². The second-order valence-corrected chi connectivity index (χ2v) is 17.7. The van der Waals surface area contributed by atoms with Crippen molar-refractivity contribution in [1.82, 2.24) is 15.5 Å². The molecule has 2 N–H and O–H groups in total. The standard InChI is InChI=1S/C19H23ClN2.C17H17Cl2N.C17H18F3NO/c1-21(2)12-5-13-22-18-7-4-3-6-15(18)8-9-16-10-11-17(20)14-19(16)22;1-20-17-9-7-12(13-4-2-3-5-14(13)17)11-6-8-15(18)16(19)10-11;1-21-12-11-16(13-5-3-2-4-6-13)22-15-9-7-14(8-10-15)17(18,19)20/h3-4,6-7,10-11,14H,5,8-9,12-13H2,1-2H3;2-6,8,10,12,17,20H,7,9H2,1H3;2-10,16,21H,11-12H2,1H3/t;12-,17-;/m.0./s1. The van der Waals surface area contributed by atoms with E-state index in [1.807, 2.05) is 62.6 Å². The molecule has 1 heterocycles. The van der Waals surface area contributed by atoms with Crippen molar-refractivity contribution in [3.63, 3.8) is 0 Å². The fourth-order valence-electron chi connectivity index (χ4n) is 8.46. The topological polar surface area (TPSA) is 39.8 Å². The first-order valence-corrected chi connectivity index (χ1v) is 23.0. The van der Waals surface area contributed by atoms with Crippen molar-refractivity contribution in [2.24, 2.45) is 0 Å². The number of ether oxygens (including phenoxy) is 1. The van der Waals surface area contributed by atoms with Crippen molar-refractivity contribution >= 4 is 46.2 Å². The Morgan fingerprint density at radius 1 is 0.719 bits per heavy atom. The van der Waals surface area contributed by atoms with Gasteiger partial charge in [0.1, 0.15) is 11.9 Å². The van der Waals surface area contributed by atoms with Gasteiger partial charge in [-0.3, -0.25) is 0 Å². The number of hydrogen-bond donors (Lipinski definition) is 2. The number of fused-ring (bicyclic) bond motifs is 3. The molecule has 0 saturated heterocycles. The summed E-state index contributed by atoms with van der Waals surface area (Å²) in [6.07, 6.45) is 1.75. The normalized spacial score (nSPS) is 15.9. The molecule has 0 spiro atoms. The predicted molar refractivity (Wildman–Crippen MR) is 261 cm³/mol. The van der Waals surface area contributed by atoms with Crippen LogP contribution < -0.4 is 20.3 Å². The second kappa shape index (κ2) is 23.6. The zero-order valence-corrected chi connectivity index (χ0v) is 39.2. The van der Waals surface area contributed by atoms with Crippen LogP contribution in [-0.4, -0.2) is 52.7 Å². The van der Waals surface area contributed by atoms with E-state index >= 15 is 0 Å². The van der Waals surface area contributed by atoms with Crippen molar-refractivity contribution in [2.45, 2.75) is 62.8 Å². The highest BCUT2D eigenvalue weighted by atomic mass is 35.5. The average molecular weight is 930 g/mol. The molecule has 1 aliphatic heterocycles. The largest absolute Gasteiger partial charge is 0.486 e. The highest BCUT2D eigenvalue weighted by Gasteiger charge is 2.30. The SMILES string of the molecule is CN(C)CCCN1c2ccccc2CCc2ccc(Cl)cc21.CNCCC(Oc1ccc(C(F)(F)F)cc1)c1ccccc1.CN[C@H]1CC[C@@H](c2ccc(Cl)c(Cl)c2)c2ccccc21. The lowest BCUT2D eigenvalue weighted by atomic mass is 9.77. The smallest absolute Gasteiger partial charge is 0.416 e. The van der Waals surface area contributed by atoms with Crippen LogP contribution in [0.5, 0.6) is 5.75 Å². The van der Waals surface area contributed by atoms with Crippen molar-refractivity contribution in [3.8, 4) is 5.75 Å².